The van der Waals surface area contributed by atoms with E-state index in [-0.39, 0.29) is 5.91 Å². The quantitative estimate of drug-likeness (QED) is 0.840. The molecule has 1 aromatic heterocycles. The van der Waals surface area contributed by atoms with Crippen LogP contribution in [0.4, 0.5) is 0 Å². The first-order chi connectivity index (χ1) is 12.0. The number of rotatable bonds is 5. The van der Waals surface area contributed by atoms with Crippen LogP contribution in [0.1, 0.15) is 34.3 Å². The van der Waals surface area contributed by atoms with Gasteiger partial charge in [-0.05, 0) is 49.9 Å². The van der Waals surface area contributed by atoms with E-state index < -0.39 is 0 Å². The Morgan fingerprint density at radius 1 is 1.28 bits per heavy atom. The van der Waals surface area contributed by atoms with Gasteiger partial charge in [-0.1, -0.05) is 24.3 Å². The van der Waals surface area contributed by atoms with Gasteiger partial charge in [0.05, 0.1) is 11.8 Å². The van der Waals surface area contributed by atoms with Crippen molar-refractivity contribution < 1.29 is 4.79 Å². The normalized spacial score (nSPS) is 16.1. The summed E-state index contributed by atoms with van der Waals surface area (Å²) in [6, 6.07) is 8.62. The number of carbonyl (C=O) groups excluding carboxylic acids is 1. The third kappa shape index (κ3) is 4.48. The van der Waals surface area contributed by atoms with Crippen LogP contribution in [0.3, 0.4) is 0 Å². The zero-order chi connectivity index (χ0) is 17.8. The molecule has 1 aromatic carbocycles. The lowest BCUT2D eigenvalue weighted by Gasteiger charge is -2.34. The summed E-state index contributed by atoms with van der Waals surface area (Å²) in [5.74, 6) is 0.647. The maximum Gasteiger partial charge on any atom is 0.256 e. The van der Waals surface area contributed by atoms with Crippen LogP contribution in [0.2, 0.25) is 0 Å². The number of aryl methyl sites for hydroxylation is 2. The van der Waals surface area contributed by atoms with Gasteiger partial charge in [-0.2, -0.15) is 5.10 Å². The Morgan fingerprint density at radius 2 is 2.00 bits per heavy atom. The molecule has 2 heterocycles. The molecular formula is C20H28N4O. The molecule has 25 heavy (non-hydrogen) atoms. The van der Waals surface area contributed by atoms with Crippen molar-refractivity contribution in [3.8, 4) is 0 Å². The third-order valence-corrected chi connectivity index (χ3v) is 5.19. The minimum atomic E-state index is 0.0652. The maximum absolute atomic E-state index is 12.4. The number of nitrogens with zero attached hydrogens (tertiary/aromatic N) is 4. The standard InChI is InChI=1S/C20H28N4O/c1-16-6-4-5-7-18(16)15-24-10-8-17(9-11-24)13-22(2)20(25)19-12-21-23(3)14-19/h4-7,12,14,17H,8-11,13,15H2,1-3H3. The molecule has 1 amide bonds. The van der Waals surface area contributed by atoms with Crippen molar-refractivity contribution in [2.24, 2.45) is 13.0 Å². The molecule has 134 valence electrons. The third-order valence-electron chi connectivity index (χ3n) is 5.19. The highest BCUT2D eigenvalue weighted by molar-refractivity contribution is 5.93. The first-order valence-corrected chi connectivity index (χ1v) is 9.04. The van der Waals surface area contributed by atoms with Crippen LogP contribution < -0.4 is 0 Å². The second-order valence-corrected chi connectivity index (χ2v) is 7.23. The van der Waals surface area contributed by atoms with Gasteiger partial charge in [0.25, 0.3) is 5.91 Å². The van der Waals surface area contributed by atoms with Gasteiger partial charge < -0.3 is 4.90 Å². The highest BCUT2D eigenvalue weighted by atomic mass is 16.2. The maximum atomic E-state index is 12.4. The molecular weight excluding hydrogens is 312 g/mol. The van der Waals surface area contributed by atoms with E-state index in [4.69, 9.17) is 0 Å². The second-order valence-electron chi connectivity index (χ2n) is 7.23. The molecule has 0 aliphatic carbocycles. The van der Waals surface area contributed by atoms with Crippen molar-refractivity contribution in [2.45, 2.75) is 26.3 Å². The molecule has 0 radical (unpaired) electrons. The molecule has 0 spiro atoms. The second kappa shape index (κ2) is 7.83. The molecule has 0 unspecified atom stereocenters. The van der Waals surface area contributed by atoms with Crippen molar-refractivity contribution in [1.82, 2.24) is 19.6 Å². The lowest BCUT2D eigenvalue weighted by molar-refractivity contribution is 0.0737. The molecule has 1 aliphatic rings. The number of amides is 1. The van der Waals surface area contributed by atoms with Crippen LogP contribution in [0.15, 0.2) is 36.7 Å². The van der Waals surface area contributed by atoms with Gasteiger partial charge in [0, 0.05) is 33.4 Å². The summed E-state index contributed by atoms with van der Waals surface area (Å²) < 4.78 is 1.67. The molecule has 5 nitrogen and oxygen atoms in total. The van der Waals surface area contributed by atoms with E-state index in [0.717, 1.165) is 39.0 Å². The summed E-state index contributed by atoms with van der Waals surface area (Å²) >= 11 is 0. The number of likely N-dealkylation sites (tertiary alicyclic amines) is 1. The van der Waals surface area contributed by atoms with Crippen molar-refractivity contribution in [3.05, 3.63) is 53.3 Å². The van der Waals surface area contributed by atoms with Crippen LogP contribution in [-0.2, 0) is 13.6 Å². The lowest BCUT2D eigenvalue weighted by Crippen LogP contribution is -2.39. The van der Waals surface area contributed by atoms with Gasteiger partial charge in [0.2, 0.25) is 0 Å². The largest absolute Gasteiger partial charge is 0.341 e. The van der Waals surface area contributed by atoms with Gasteiger partial charge in [-0.25, -0.2) is 0 Å². The summed E-state index contributed by atoms with van der Waals surface area (Å²) in [6.45, 7) is 6.25. The zero-order valence-corrected chi connectivity index (χ0v) is 15.5. The van der Waals surface area contributed by atoms with Crippen molar-refractivity contribution in [2.75, 3.05) is 26.7 Å². The number of hydrogen-bond donors (Lipinski definition) is 0. The first kappa shape index (κ1) is 17.7. The van der Waals surface area contributed by atoms with Crippen molar-refractivity contribution in [3.63, 3.8) is 0 Å². The van der Waals surface area contributed by atoms with Crippen LogP contribution in [0.25, 0.3) is 0 Å². The lowest BCUT2D eigenvalue weighted by atomic mass is 9.95. The molecule has 1 fully saturated rings. The van der Waals surface area contributed by atoms with E-state index in [2.05, 4.69) is 41.2 Å². The predicted octanol–water partition coefficient (Wildman–Crippen LogP) is 2.71. The minimum Gasteiger partial charge on any atom is -0.341 e. The number of hydrogen-bond acceptors (Lipinski definition) is 3. The fraction of sp³-hybridized carbons (Fsp3) is 0.500. The van der Waals surface area contributed by atoms with E-state index in [1.165, 1.54) is 11.1 Å². The highest BCUT2D eigenvalue weighted by Crippen LogP contribution is 2.21. The van der Waals surface area contributed by atoms with E-state index in [1.54, 1.807) is 17.1 Å². The number of carbonyl (C=O) groups is 1. The average Bonchev–Trinajstić information content (AvgIpc) is 3.04. The molecule has 2 aromatic rings. The number of benzene rings is 1. The van der Waals surface area contributed by atoms with Crippen LogP contribution in [-0.4, -0.2) is 52.2 Å². The Labute approximate surface area is 150 Å². The molecule has 0 atom stereocenters. The Hall–Kier alpha value is -2.14. The average molecular weight is 340 g/mol. The topological polar surface area (TPSA) is 41.4 Å². The molecule has 0 saturated carbocycles. The molecule has 1 aliphatic heterocycles. The smallest absolute Gasteiger partial charge is 0.256 e. The van der Waals surface area contributed by atoms with Crippen LogP contribution in [0, 0.1) is 12.8 Å². The van der Waals surface area contributed by atoms with E-state index in [0.29, 0.717) is 11.5 Å². The van der Waals surface area contributed by atoms with Gasteiger partial charge in [0.15, 0.2) is 0 Å². The molecule has 0 bridgehead atoms. The monoisotopic (exact) mass is 340 g/mol. The molecule has 1 saturated heterocycles. The number of piperidine rings is 1. The highest BCUT2D eigenvalue weighted by Gasteiger charge is 2.23. The van der Waals surface area contributed by atoms with Gasteiger partial charge in [-0.3, -0.25) is 14.4 Å². The van der Waals surface area contributed by atoms with E-state index in [9.17, 15) is 4.79 Å². The Kier molecular flexibility index (Phi) is 5.53. The Morgan fingerprint density at radius 3 is 2.64 bits per heavy atom. The summed E-state index contributed by atoms with van der Waals surface area (Å²) in [4.78, 5) is 16.8. The van der Waals surface area contributed by atoms with Crippen LogP contribution in [0.5, 0.6) is 0 Å². The van der Waals surface area contributed by atoms with E-state index >= 15 is 0 Å². The molecule has 5 heteroatoms. The number of aromatic nitrogens is 2. The van der Waals surface area contributed by atoms with Gasteiger partial charge in [0.1, 0.15) is 0 Å². The zero-order valence-electron chi connectivity index (χ0n) is 15.5. The van der Waals surface area contributed by atoms with E-state index in [1.807, 2.05) is 19.0 Å². The van der Waals surface area contributed by atoms with Gasteiger partial charge in [-0.15, -0.1) is 0 Å². The molecule has 3 rings (SSSR count). The summed E-state index contributed by atoms with van der Waals surface area (Å²) in [5.41, 5.74) is 3.46. The van der Waals surface area contributed by atoms with Crippen molar-refractivity contribution >= 4 is 5.91 Å². The first-order valence-electron chi connectivity index (χ1n) is 9.04. The fourth-order valence-electron chi connectivity index (χ4n) is 3.58. The predicted molar refractivity (Wildman–Crippen MR) is 99.3 cm³/mol. The Bertz CT molecular complexity index is 716. The summed E-state index contributed by atoms with van der Waals surface area (Å²) in [6.07, 6.45) is 5.72. The SMILES string of the molecule is Cc1ccccc1CN1CCC(CN(C)C(=O)c2cnn(C)c2)CC1. The van der Waals surface area contributed by atoms with Crippen LogP contribution >= 0.6 is 0 Å². The summed E-state index contributed by atoms with van der Waals surface area (Å²) in [5, 5.41) is 4.09. The fourth-order valence-corrected chi connectivity index (χ4v) is 3.58. The summed E-state index contributed by atoms with van der Waals surface area (Å²) in [7, 11) is 3.73. The van der Waals surface area contributed by atoms with Gasteiger partial charge >= 0.3 is 0 Å². The van der Waals surface area contributed by atoms with Crippen molar-refractivity contribution in [1.29, 1.82) is 0 Å². The minimum absolute atomic E-state index is 0.0652. The molecule has 0 N–H and O–H groups in total. The Balaban J connectivity index is 1.47.